The Balaban J connectivity index is 1.36. The van der Waals surface area contributed by atoms with Crippen molar-refractivity contribution in [2.75, 3.05) is 11.5 Å². The van der Waals surface area contributed by atoms with Gasteiger partial charge in [0.1, 0.15) is 0 Å². The van der Waals surface area contributed by atoms with E-state index in [0.29, 0.717) is 29.6 Å². The molecule has 3 nitrogen and oxygen atoms in total. The van der Waals surface area contributed by atoms with Gasteiger partial charge in [-0.15, -0.1) is 0 Å². The molecule has 2 unspecified atom stereocenters. The molecule has 4 N–H and O–H groups in total. The molecule has 4 fully saturated rings. The SMILES string of the molecule is CC(C)CCC[C@@H](C)[C@H]1CC[C@H]2[C@@H]3CCC4CCCC(OC(F)(F)c5cc(N)cc(N)c5)[C@]4(C)[C@H]3CC[C@]12C. The van der Waals surface area contributed by atoms with Gasteiger partial charge in [0, 0.05) is 11.4 Å². The maximum Gasteiger partial charge on any atom is 0.383 e. The number of benzene rings is 1. The van der Waals surface area contributed by atoms with E-state index < -0.39 is 12.2 Å². The number of rotatable bonds is 8. The molecule has 39 heavy (non-hydrogen) atoms. The zero-order valence-electron chi connectivity index (χ0n) is 25.2. The number of alkyl halides is 2. The molecular formula is C34H54F2N2O. The molecule has 0 aromatic heterocycles. The Kier molecular flexibility index (Phi) is 8.07. The summed E-state index contributed by atoms with van der Waals surface area (Å²) in [6.45, 7) is 12.1. The number of ether oxygens (including phenoxy) is 1. The highest BCUT2D eigenvalue weighted by atomic mass is 19.3. The van der Waals surface area contributed by atoms with Crippen molar-refractivity contribution in [2.45, 2.75) is 124 Å². The van der Waals surface area contributed by atoms with Crippen molar-refractivity contribution in [1.82, 2.24) is 0 Å². The summed E-state index contributed by atoms with van der Waals surface area (Å²) in [5.74, 6) is 4.66. The molecular weight excluding hydrogens is 490 g/mol. The van der Waals surface area contributed by atoms with Gasteiger partial charge in [-0.05, 0) is 122 Å². The Labute approximate surface area is 236 Å². The average Bonchev–Trinajstić information content (AvgIpc) is 3.21. The van der Waals surface area contributed by atoms with Crippen LogP contribution in [0.5, 0.6) is 0 Å². The smallest absolute Gasteiger partial charge is 0.383 e. The summed E-state index contributed by atoms with van der Waals surface area (Å²) in [6, 6.07) is 4.15. The van der Waals surface area contributed by atoms with Crippen LogP contribution in [0, 0.1) is 52.3 Å². The molecule has 220 valence electrons. The van der Waals surface area contributed by atoms with Gasteiger partial charge in [0.2, 0.25) is 0 Å². The standard InChI is InChI=1S/C34H54F2N2O/c1-21(2)8-6-9-22(3)28-14-15-29-27-13-12-23-10-7-11-31(33(23,5)30(27)16-17-32(28,29)4)39-34(35,36)24-18-25(37)20-26(38)19-24/h18-23,27-31H,6-17,37-38H2,1-5H3/t22-,23?,27+,28-,29+,30+,31?,32-,33+/m1/s1. The molecule has 9 atom stereocenters. The lowest BCUT2D eigenvalue weighted by atomic mass is 9.44. The summed E-state index contributed by atoms with van der Waals surface area (Å²) < 4.78 is 37.3. The van der Waals surface area contributed by atoms with Gasteiger partial charge in [0.25, 0.3) is 0 Å². The third kappa shape index (κ3) is 5.24. The maximum atomic E-state index is 15.7. The summed E-state index contributed by atoms with van der Waals surface area (Å²) in [5.41, 5.74) is 12.2. The second-order valence-corrected chi connectivity index (χ2v) is 15.0. The first-order chi connectivity index (χ1) is 18.4. The van der Waals surface area contributed by atoms with Crippen LogP contribution in [-0.4, -0.2) is 6.10 Å². The number of fused-ring (bicyclic) bond motifs is 5. The first-order valence-electron chi connectivity index (χ1n) is 16.1. The summed E-state index contributed by atoms with van der Waals surface area (Å²) in [6.07, 6.45) is 10.5. The zero-order valence-corrected chi connectivity index (χ0v) is 25.2. The lowest BCUT2D eigenvalue weighted by Gasteiger charge is -2.62. The number of halogens is 2. The van der Waals surface area contributed by atoms with E-state index in [-0.39, 0.29) is 22.4 Å². The Morgan fingerprint density at radius 1 is 0.897 bits per heavy atom. The summed E-state index contributed by atoms with van der Waals surface area (Å²) >= 11 is 0. The molecule has 0 heterocycles. The fraction of sp³-hybridized carbons (Fsp3) is 0.824. The van der Waals surface area contributed by atoms with Gasteiger partial charge in [-0.1, -0.05) is 60.3 Å². The zero-order chi connectivity index (χ0) is 28.2. The van der Waals surface area contributed by atoms with Crippen LogP contribution in [0.25, 0.3) is 0 Å². The van der Waals surface area contributed by atoms with E-state index in [9.17, 15) is 0 Å². The van der Waals surface area contributed by atoms with Crippen molar-refractivity contribution in [2.24, 2.45) is 52.3 Å². The lowest BCUT2D eigenvalue weighted by molar-refractivity contribution is -0.315. The van der Waals surface area contributed by atoms with E-state index in [0.717, 1.165) is 49.4 Å². The fourth-order valence-electron chi connectivity index (χ4n) is 10.6. The second kappa shape index (κ2) is 10.8. The molecule has 4 aliphatic carbocycles. The van der Waals surface area contributed by atoms with Gasteiger partial charge in [-0.2, -0.15) is 8.78 Å². The molecule has 1 aromatic carbocycles. The molecule has 4 saturated carbocycles. The number of hydrogen-bond donors (Lipinski definition) is 2. The van der Waals surface area contributed by atoms with Crippen LogP contribution in [0.15, 0.2) is 18.2 Å². The molecule has 0 bridgehead atoms. The lowest BCUT2D eigenvalue weighted by Crippen LogP contribution is -2.59. The van der Waals surface area contributed by atoms with E-state index in [2.05, 4.69) is 34.6 Å². The highest BCUT2D eigenvalue weighted by molar-refractivity contribution is 5.54. The van der Waals surface area contributed by atoms with E-state index in [1.54, 1.807) is 0 Å². The van der Waals surface area contributed by atoms with Crippen molar-refractivity contribution in [3.8, 4) is 0 Å². The molecule has 0 aliphatic heterocycles. The minimum Gasteiger partial charge on any atom is -0.399 e. The van der Waals surface area contributed by atoms with Crippen molar-refractivity contribution < 1.29 is 13.5 Å². The summed E-state index contributed by atoms with van der Waals surface area (Å²) in [4.78, 5) is 0. The quantitative estimate of drug-likeness (QED) is 0.320. The Bertz CT molecular complexity index is 993. The predicted molar refractivity (Wildman–Crippen MR) is 157 cm³/mol. The molecule has 0 radical (unpaired) electrons. The Morgan fingerprint density at radius 3 is 2.31 bits per heavy atom. The van der Waals surface area contributed by atoms with Gasteiger partial charge < -0.3 is 16.2 Å². The first-order valence-corrected chi connectivity index (χ1v) is 16.1. The molecule has 0 amide bonds. The second-order valence-electron chi connectivity index (χ2n) is 15.0. The fourth-order valence-corrected chi connectivity index (χ4v) is 10.6. The molecule has 0 spiro atoms. The summed E-state index contributed by atoms with van der Waals surface area (Å²) in [5, 5.41) is 0. The van der Waals surface area contributed by atoms with E-state index in [1.807, 2.05) is 0 Å². The first kappa shape index (κ1) is 29.1. The largest absolute Gasteiger partial charge is 0.399 e. The van der Waals surface area contributed by atoms with Crippen LogP contribution in [0.1, 0.15) is 117 Å². The van der Waals surface area contributed by atoms with Crippen LogP contribution in [0.4, 0.5) is 20.2 Å². The topological polar surface area (TPSA) is 61.3 Å². The molecule has 1 aromatic rings. The number of anilines is 2. The van der Waals surface area contributed by atoms with Gasteiger partial charge in [0.05, 0.1) is 11.7 Å². The van der Waals surface area contributed by atoms with Gasteiger partial charge >= 0.3 is 6.11 Å². The van der Waals surface area contributed by atoms with Gasteiger partial charge in [0.15, 0.2) is 0 Å². The Hall–Kier alpha value is -1.36. The molecule has 0 saturated heterocycles. The third-order valence-electron chi connectivity index (χ3n) is 12.5. The van der Waals surface area contributed by atoms with Crippen molar-refractivity contribution in [1.29, 1.82) is 0 Å². The monoisotopic (exact) mass is 544 g/mol. The van der Waals surface area contributed by atoms with E-state index in [1.165, 1.54) is 63.1 Å². The van der Waals surface area contributed by atoms with Crippen LogP contribution in [0.3, 0.4) is 0 Å². The predicted octanol–water partition coefficient (Wildman–Crippen LogP) is 9.41. The van der Waals surface area contributed by atoms with E-state index >= 15 is 8.78 Å². The summed E-state index contributed by atoms with van der Waals surface area (Å²) in [7, 11) is 0. The normalized spacial score (nSPS) is 39.2. The van der Waals surface area contributed by atoms with Crippen molar-refractivity contribution >= 4 is 11.4 Å². The van der Waals surface area contributed by atoms with Crippen LogP contribution in [-0.2, 0) is 10.8 Å². The van der Waals surface area contributed by atoms with Crippen molar-refractivity contribution in [3.63, 3.8) is 0 Å². The van der Waals surface area contributed by atoms with Gasteiger partial charge in [-0.25, -0.2) is 0 Å². The highest BCUT2D eigenvalue weighted by Gasteiger charge is 2.63. The maximum absolute atomic E-state index is 15.7. The average molecular weight is 545 g/mol. The minimum absolute atomic E-state index is 0.210. The van der Waals surface area contributed by atoms with E-state index in [4.69, 9.17) is 16.2 Å². The Morgan fingerprint density at radius 2 is 1.62 bits per heavy atom. The number of hydrogen-bond acceptors (Lipinski definition) is 3. The van der Waals surface area contributed by atoms with Crippen LogP contribution in [0.2, 0.25) is 0 Å². The number of nitrogens with two attached hydrogens (primary N) is 2. The molecule has 5 heteroatoms. The third-order valence-corrected chi connectivity index (χ3v) is 12.5. The van der Waals surface area contributed by atoms with Gasteiger partial charge in [-0.3, -0.25) is 0 Å². The molecule has 5 rings (SSSR count). The minimum atomic E-state index is -3.40. The van der Waals surface area contributed by atoms with Crippen LogP contribution < -0.4 is 11.5 Å². The highest BCUT2D eigenvalue weighted by Crippen LogP contribution is 2.69. The van der Waals surface area contributed by atoms with Crippen molar-refractivity contribution in [3.05, 3.63) is 23.8 Å². The van der Waals surface area contributed by atoms with Crippen LogP contribution >= 0.6 is 0 Å². The molecule has 4 aliphatic rings. The number of nitrogen functional groups attached to an aromatic ring is 2.